The third kappa shape index (κ3) is 5.24. The Morgan fingerprint density at radius 3 is 2.37 bits per heavy atom. The molecule has 1 heterocycles. The Labute approximate surface area is 219 Å². The van der Waals surface area contributed by atoms with E-state index in [1.807, 2.05) is 0 Å². The number of nitrogens with one attached hydrogen (secondary N) is 1. The van der Waals surface area contributed by atoms with E-state index >= 15 is 0 Å². The maximum Gasteiger partial charge on any atom is 0.418 e. The van der Waals surface area contributed by atoms with Crippen molar-refractivity contribution in [2.75, 3.05) is 7.05 Å². The summed E-state index contributed by atoms with van der Waals surface area (Å²) in [4.78, 5) is 3.96. The molecule has 200 valence electrons. The third-order valence-electron chi connectivity index (χ3n) is 6.25. The van der Waals surface area contributed by atoms with Crippen LogP contribution in [0.3, 0.4) is 0 Å². The van der Waals surface area contributed by atoms with Crippen molar-refractivity contribution in [2.45, 2.75) is 37.9 Å². The Morgan fingerprint density at radius 2 is 1.71 bits per heavy atom. The van der Waals surface area contributed by atoms with E-state index in [2.05, 4.69) is 9.71 Å². The number of pyridine rings is 1. The van der Waals surface area contributed by atoms with Gasteiger partial charge < -0.3 is 9.84 Å². The second kappa shape index (κ2) is 10.4. The first-order chi connectivity index (χ1) is 17.8. The fourth-order valence-electron chi connectivity index (χ4n) is 4.36. The lowest BCUT2D eigenvalue weighted by molar-refractivity contribution is -0.136. The van der Waals surface area contributed by atoms with Crippen LogP contribution in [0.5, 0.6) is 11.5 Å². The van der Waals surface area contributed by atoms with Crippen molar-refractivity contribution < 1.29 is 31.4 Å². The van der Waals surface area contributed by atoms with Crippen LogP contribution < -0.4 is 9.46 Å². The minimum atomic E-state index is -4.56. The average molecular weight is 545 g/mol. The summed E-state index contributed by atoms with van der Waals surface area (Å²) in [5.74, 6) is 0.149. The lowest BCUT2D eigenvalue weighted by atomic mass is 9.95. The number of hydrogen-bond acceptors (Lipinski definition) is 5. The first-order valence-corrected chi connectivity index (χ1v) is 13.3. The molecule has 1 atom stereocenters. The molecule has 0 aliphatic heterocycles. The number of rotatable bonds is 7. The summed E-state index contributed by atoms with van der Waals surface area (Å²) in [7, 11) is -2.63. The van der Waals surface area contributed by atoms with Crippen LogP contribution in [0.4, 0.5) is 13.2 Å². The van der Waals surface area contributed by atoms with Gasteiger partial charge in [0.25, 0.3) is 0 Å². The Kier molecular flexibility index (Phi) is 7.51. The van der Waals surface area contributed by atoms with Crippen LogP contribution in [0.2, 0.25) is 0 Å². The van der Waals surface area contributed by atoms with Crippen LogP contribution in [0.25, 0.3) is 22.0 Å². The number of hydrogen-bond donors (Lipinski definition) is 2. The van der Waals surface area contributed by atoms with Gasteiger partial charge in [-0.1, -0.05) is 44.2 Å². The molecule has 10 heteroatoms. The van der Waals surface area contributed by atoms with Crippen LogP contribution in [-0.4, -0.2) is 25.6 Å². The van der Waals surface area contributed by atoms with Gasteiger partial charge in [-0.25, -0.2) is 13.1 Å². The molecule has 1 aromatic heterocycles. The zero-order chi connectivity index (χ0) is 27.8. The second-order valence-electron chi connectivity index (χ2n) is 9.21. The molecule has 0 saturated heterocycles. The summed E-state index contributed by atoms with van der Waals surface area (Å²) in [5, 5.41) is 11.2. The lowest BCUT2D eigenvalue weighted by Gasteiger charge is -2.22. The molecule has 0 saturated carbocycles. The van der Waals surface area contributed by atoms with Gasteiger partial charge in [0.2, 0.25) is 10.0 Å². The summed E-state index contributed by atoms with van der Waals surface area (Å²) < 4.78 is 74.7. The Hall–Kier alpha value is -3.47. The molecule has 0 fully saturated rings. The standard InChI is InChI=1S/C28H27F3N2O4S/c1-16(2)27(34)25-22(12-7-13-23(25)38(35,36)32-4)37-19-9-5-8-18(14-19)24-17(3)15-33-26-20(24)10-6-11-21(26)28(29,30)31/h5-16,27,32,34H,1-4H3. The monoisotopic (exact) mass is 544 g/mol. The Balaban J connectivity index is 1.86. The van der Waals surface area contributed by atoms with Gasteiger partial charge in [0.15, 0.2) is 0 Å². The van der Waals surface area contributed by atoms with E-state index in [0.29, 0.717) is 27.8 Å². The van der Waals surface area contributed by atoms with E-state index in [1.54, 1.807) is 57.2 Å². The molecule has 4 aromatic rings. The predicted octanol–water partition coefficient (Wildman–Crippen LogP) is 6.62. The van der Waals surface area contributed by atoms with Gasteiger partial charge in [0.05, 0.1) is 22.1 Å². The number of para-hydroxylation sites is 1. The molecule has 0 aliphatic carbocycles. The van der Waals surface area contributed by atoms with Crippen molar-refractivity contribution in [2.24, 2.45) is 5.92 Å². The third-order valence-corrected chi connectivity index (χ3v) is 7.73. The molecule has 3 aromatic carbocycles. The molecule has 1 unspecified atom stereocenters. The largest absolute Gasteiger partial charge is 0.457 e. The minimum Gasteiger partial charge on any atom is -0.457 e. The predicted molar refractivity (Wildman–Crippen MR) is 139 cm³/mol. The van der Waals surface area contributed by atoms with Crippen LogP contribution >= 0.6 is 0 Å². The number of fused-ring (bicyclic) bond motifs is 1. The number of sulfonamides is 1. The smallest absolute Gasteiger partial charge is 0.418 e. The van der Waals surface area contributed by atoms with Gasteiger partial charge in [-0.15, -0.1) is 0 Å². The number of halogens is 3. The second-order valence-corrected chi connectivity index (χ2v) is 11.1. The number of aromatic nitrogens is 1. The van der Waals surface area contributed by atoms with Crippen LogP contribution in [0.15, 0.2) is 71.8 Å². The van der Waals surface area contributed by atoms with Crippen LogP contribution in [0, 0.1) is 12.8 Å². The van der Waals surface area contributed by atoms with Gasteiger partial charge in [0, 0.05) is 17.1 Å². The van der Waals surface area contributed by atoms with Gasteiger partial charge in [-0.3, -0.25) is 4.98 Å². The van der Waals surface area contributed by atoms with Crippen LogP contribution in [0.1, 0.15) is 36.6 Å². The zero-order valence-electron chi connectivity index (χ0n) is 21.2. The summed E-state index contributed by atoms with van der Waals surface area (Å²) in [6.07, 6.45) is -4.29. The van der Waals surface area contributed by atoms with Crippen molar-refractivity contribution in [1.82, 2.24) is 9.71 Å². The first kappa shape index (κ1) is 27.6. The SMILES string of the molecule is CNS(=O)(=O)c1cccc(Oc2cccc(-c3c(C)cnc4c(C(F)(F)F)cccc34)c2)c1C(O)C(C)C. The lowest BCUT2D eigenvalue weighted by Crippen LogP contribution is -2.22. The number of alkyl halides is 3. The topological polar surface area (TPSA) is 88.5 Å². The summed E-state index contributed by atoms with van der Waals surface area (Å²) in [6, 6.07) is 15.2. The molecule has 0 amide bonds. The van der Waals surface area contributed by atoms with E-state index in [1.165, 1.54) is 31.4 Å². The van der Waals surface area contributed by atoms with Crippen molar-refractivity contribution in [3.05, 3.63) is 83.6 Å². The van der Waals surface area contributed by atoms with Gasteiger partial charge >= 0.3 is 6.18 Å². The molecule has 0 spiro atoms. The Bertz CT molecular complexity index is 1600. The molecule has 4 rings (SSSR count). The van der Waals surface area contributed by atoms with E-state index < -0.39 is 27.9 Å². The first-order valence-electron chi connectivity index (χ1n) is 11.8. The van der Waals surface area contributed by atoms with E-state index in [4.69, 9.17) is 4.74 Å². The number of aryl methyl sites for hydroxylation is 1. The van der Waals surface area contributed by atoms with Gasteiger partial charge in [-0.2, -0.15) is 13.2 Å². The molecule has 0 aliphatic rings. The van der Waals surface area contributed by atoms with Crippen molar-refractivity contribution in [3.8, 4) is 22.6 Å². The highest BCUT2D eigenvalue weighted by Gasteiger charge is 2.33. The molecular formula is C28H27F3N2O4S. The van der Waals surface area contributed by atoms with Crippen molar-refractivity contribution in [1.29, 1.82) is 0 Å². The highest BCUT2D eigenvalue weighted by atomic mass is 32.2. The summed E-state index contributed by atoms with van der Waals surface area (Å²) in [5.41, 5.74) is 0.976. The fourth-order valence-corrected chi connectivity index (χ4v) is 5.35. The summed E-state index contributed by atoms with van der Waals surface area (Å²) >= 11 is 0. The van der Waals surface area contributed by atoms with Crippen molar-refractivity contribution in [3.63, 3.8) is 0 Å². The number of ether oxygens (including phenoxy) is 1. The van der Waals surface area contributed by atoms with Crippen molar-refractivity contribution >= 4 is 20.9 Å². The average Bonchev–Trinajstić information content (AvgIpc) is 2.87. The fraction of sp³-hybridized carbons (Fsp3) is 0.250. The summed E-state index contributed by atoms with van der Waals surface area (Å²) in [6.45, 7) is 5.27. The van der Waals surface area contributed by atoms with Crippen LogP contribution in [-0.2, 0) is 16.2 Å². The highest BCUT2D eigenvalue weighted by molar-refractivity contribution is 7.89. The maximum atomic E-state index is 13.6. The molecule has 0 radical (unpaired) electrons. The molecule has 6 nitrogen and oxygen atoms in total. The molecule has 2 N–H and O–H groups in total. The molecule has 0 bridgehead atoms. The maximum absolute atomic E-state index is 13.6. The molecule has 38 heavy (non-hydrogen) atoms. The normalized spacial score (nSPS) is 13.2. The zero-order valence-corrected chi connectivity index (χ0v) is 22.0. The number of benzene rings is 3. The quantitative estimate of drug-likeness (QED) is 0.273. The van der Waals surface area contributed by atoms with E-state index in [9.17, 15) is 26.7 Å². The van der Waals surface area contributed by atoms with Gasteiger partial charge in [0.1, 0.15) is 11.5 Å². The Morgan fingerprint density at radius 1 is 1.03 bits per heavy atom. The van der Waals surface area contributed by atoms with Gasteiger partial charge in [-0.05, 0) is 66.9 Å². The number of aliphatic hydroxyl groups excluding tert-OH is 1. The minimum absolute atomic E-state index is 0.106. The van der Waals surface area contributed by atoms with E-state index in [-0.39, 0.29) is 27.6 Å². The number of aliphatic hydroxyl groups is 1. The van der Waals surface area contributed by atoms with E-state index in [0.717, 1.165) is 6.07 Å². The number of nitrogens with zero attached hydrogens (tertiary/aromatic N) is 1. The molecular weight excluding hydrogens is 517 g/mol. The highest BCUT2D eigenvalue weighted by Crippen LogP contribution is 2.41.